The van der Waals surface area contributed by atoms with Crippen molar-refractivity contribution in [2.24, 2.45) is 0 Å². The van der Waals surface area contributed by atoms with Crippen LogP contribution in [-0.2, 0) is 26.2 Å². The molecule has 1 N–H and O–H groups in total. The maximum absolute atomic E-state index is 14.0. The quantitative estimate of drug-likeness (QED) is 0.282. The van der Waals surface area contributed by atoms with Gasteiger partial charge in [-0.2, -0.15) is 0 Å². The summed E-state index contributed by atoms with van der Waals surface area (Å²) in [5.74, 6) is -1.37. The molecular formula is C31H38FN3O4S. The van der Waals surface area contributed by atoms with E-state index in [-0.39, 0.29) is 17.3 Å². The number of benzene rings is 3. The number of carbonyl (C=O) groups is 2. The first-order valence-electron chi connectivity index (χ1n) is 13.5. The predicted octanol–water partition coefficient (Wildman–Crippen LogP) is 5.36. The summed E-state index contributed by atoms with van der Waals surface area (Å²) in [5.41, 5.74) is 3.09. The second-order valence-electron chi connectivity index (χ2n) is 9.88. The molecule has 0 bridgehead atoms. The molecule has 0 heterocycles. The molecule has 2 amide bonds. The van der Waals surface area contributed by atoms with Crippen molar-refractivity contribution in [1.82, 2.24) is 10.2 Å². The molecule has 9 heteroatoms. The Labute approximate surface area is 237 Å². The van der Waals surface area contributed by atoms with Crippen molar-refractivity contribution in [2.75, 3.05) is 17.4 Å². The minimum atomic E-state index is -4.24. The van der Waals surface area contributed by atoms with Gasteiger partial charge in [0.05, 0.1) is 10.6 Å². The number of nitrogens with one attached hydrogen (secondary N) is 1. The van der Waals surface area contributed by atoms with Crippen molar-refractivity contribution >= 4 is 27.5 Å². The van der Waals surface area contributed by atoms with Crippen LogP contribution in [0.4, 0.5) is 10.1 Å². The van der Waals surface area contributed by atoms with Gasteiger partial charge in [-0.3, -0.25) is 13.9 Å². The van der Waals surface area contributed by atoms with Crippen LogP contribution in [0, 0.1) is 19.7 Å². The number of hydrogen-bond acceptors (Lipinski definition) is 4. The smallest absolute Gasteiger partial charge is 0.264 e. The van der Waals surface area contributed by atoms with E-state index in [1.165, 1.54) is 17.0 Å². The highest BCUT2D eigenvalue weighted by Crippen LogP contribution is 2.25. The molecule has 0 unspecified atom stereocenters. The van der Waals surface area contributed by atoms with Crippen molar-refractivity contribution in [1.29, 1.82) is 0 Å². The number of hydrogen-bond donors (Lipinski definition) is 1. The molecule has 0 spiro atoms. The van der Waals surface area contributed by atoms with Crippen LogP contribution in [-0.4, -0.2) is 44.3 Å². The molecule has 0 aromatic heterocycles. The zero-order chi connectivity index (χ0) is 29.3. The molecule has 0 aliphatic carbocycles. The summed E-state index contributed by atoms with van der Waals surface area (Å²) in [6.07, 6.45) is 2.08. The van der Waals surface area contributed by atoms with Gasteiger partial charge in [0.1, 0.15) is 18.4 Å². The molecule has 0 saturated carbocycles. The Kier molecular flexibility index (Phi) is 10.8. The van der Waals surface area contributed by atoms with Gasteiger partial charge in [-0.1, -0.05) is 67.8 Å². The Balaban J connectivity index is 2.02. The van der Waals surface area contributed by atoms with Crippen LogP contribution in [0.15, 0.2) is 77.7 Å². The predicted molar refractivity (Wildman–Crippen MR) is 156 cm³/mol. The van der Waals surface area contributed by atoms with Crippen LogP contribution in [0.1, 0.15) is 49.8 Å². The van der Waals surface area contributed by atoms with E-state index in [1.54, 1.807) is 24.3 Å². The Morgan fingerprint density at radius 3 is 2.00 bits per heavy atom. The molecule has 1 atom stereocenters. The summed E-state index contributed by atoms with van der Waals surface area (Å²) in [4.78, 5) is 28.5. The molecule has 7 nitrogen and oxygen atoms in total. The maximum Gasteiger partial charge on any atom is 0.264 e. The van der Waals surface area contributed by atoms with Gasteiger partial charge in [-0.05, 0) is 68.7 Å². The monoisotopic (exact) mass is 567 g/mol. The summed E-state index contributed by atoms with van der Waals surface area (Å²) >= 11 is 0. The Morgan fingerprint density at radius 1 is 0.875 bits per heavy atom. The number of carbonyl (C=O) groups excluding carboxylic acids is 2. The summed E-state index contributed by atoms with van der Waals surface area (Å²) in [6, 6.07) is 18.1. The number of sulfonamides is 1. The van der Waals surface area contributed by atoms with Gasteiger partial charge in [-0.15, -0.1) is 0 Å². The molecule has 0 aliphatic rings. The largest absolute Gasteiger partial charge is 0.354 e. The van der Waals surface area contributed by atoms with Crippen LogP contribution >= 0.6 is 0 Å². The fraction of sp³-hybridized carbons (Fsp3) is 0.355. The number of rotatable bonds is 13. The van der Waals surface area contributed by atoms with Crippen LogP contribution in [0.25, 0.3) is 0 Å². The van der Waals surface area contributed by atoms with Gasteiger partial charge in [0, 0.05) is 13.1 Å². The average Bonchev–Trinajstić information content (AvgIpc) is 2.93. The third-order valence-electron chi connectivity index (χ3n) is 6.69. The summed E-state index contributed by atoms with van der Waals surface area (Å²) in [6.45, 7) is 7.78. The number of unbranched alkanes of at least 4 members (excludes halogenated alkanes) is 1. The van der Waals surface area contributed by atoms with Gasteiger partial charge in [0.25, 0.3) is 10.0 Å². The summed E-state index contributed by atoms with van der Waals surface area (Å²) < 4.78 is 42.2. The van der Waals surface area contributed by atoms with Gasteiger partial charge >= 0.3 is 0 Å². The van der Waals surface area contributed by atoms with Crippen LogP contribution in [0.3, 0.4) is 0 Å². The number of anilines is 1. The summed E-state index contributed by atoms with van der Waals surface area (Å²) in [7, 11) is -4.24. The van der Waals surface area contributed by atoms with E-state index in [1.807, 2.05) is 52.0 Å². The SMILES string of the molecule is CCCCNC(=O)[C@@H](CC)N(Cc1ccc(C)cc1)C(=O)CN(c1ccc(C)cc1)S(=O)(=O)c1ccc(F)cc1. The van der Waals surface area contributed by atoms with Crippen LogP contribution in [0.5, 0.6) is 0 Å². The van der Waals surface area contributed by atoms with E-state index in [0.717, 1.165) is 46.0 Å². The Hall–Kier alpha value is -3.72. The first-order valence-corrected chi connectivity index (χ1v) is 15.0. The normalized spacial score (nSPS) is 12.0. The second kappa shape index (κ2) is 14.1. The zero-order valence-electron chi connectivity index (χ0n) is 23.6. The van der Waals surface area contributed by atoms with Crippen molar-refractivity contribution in [3.63, 3.8) is 0 Å². The molecule has 0 fully saturated rings. The van der Waals surface area contributed by atoms with E-state index < -0.39 is 34.3 Å². The molecule has 3 aromatic carbocycles. The maximum atomic E-state index is 14.0. The van der Waals surface area contributed by atoms with E-state index in [9.17, 15) is 22.4 Å². The van der Waals surface area contributed by atoms with E-state index in [4.69, 9.17) is 0 Å². The topological polar surface area (TPSA) is 86.8 Å². The lowest BCUT2D eigenvalue weighted by molar-refractivity contribution is -0.140. The third-order valence-corrected chi connectivity index (χ3v) is 8.48. The molecule has 0 saturated heterocycles. The second-order valence-corrected chi connectivity index (χ2v) is 11.7. The van der Waals surface area contributed by atoms with Crippen LogP contribution < -0.4 is 9.62 Å². The van der Waals surface area contributed by atoms with E-state index >= 15 is 0 Å². The number of nitrogens with zero attached hydrogens (tertiary/aromatic N) is 2. The van der Waals surface area contributed by atoms with E-state index in [2.05, 4.69) is 5.32 Å². The third kappa shape index (κ3) is 7.91. The minimum Gasteiger partial charge on any atom is -0.354 e. The number of aryl methyl sites for hydroxylation is 2. The number of halogens is 1. The van der Waals surface area contributed by atoms with E-state index in [0.29, 0.717) is 18.7 Å². The fourth-order valence-corrected chi connectivity index (χ4v) is 5.70. The average molecular weight is 568 g/mol. The lowest BCUT2D eigenvalue weighted by atomic mass is 10.1. The lowest BCUT2D eigenvalue weighted by Gasteiger charge is -2.33. The van der Waals surface area contributed by atoms with Crippen molar-refractivity contribution in [3.8, 4) is 0 Å². The molecular weight excluding hydrogens is 529 g/mol. The molecule has 40 heavy (non-hydrogen) atoms. The Bertz CT molecular complexity index is 1380. The standard InChI is InChI=1S/C31H38FN3O4S/c1-5-7-20-33-31(37)29(6-2)34(21-25-12-8-23(3)9-13-25)30(36)22-35(27-16-10-24(4)11-17-27)40(38,39)28-18-14-26(32)15-19-28/h8-19,29H,5-7,20-22H2,1-4H3,(H,33,37)/t29-/m1/s1. The molecule has 214 valence electrons. The van der Waals surface area contributed by atoms with Gasteiger partial charge in [0.15, 0.2) is 0 Å². The first-order chi connectivity index (χ1) is 19.1. The summed E-state index contributed by atoms with van der Waals surface area (Å²) in [5, 5.41) is 2.92. The highest BCUT2D eigenvalue weighted by molar-refractivity contribution is 7.92. The van der Waals surface area contributed by atoms with Crippen LogP contribution in [0.2, 0.25) is 0 Å². The lowest BCUT2D eigenvalue weighted by Crippen LogP contribution is -2.52. The highest BCUT2D eigenvalue weighted by atomic mass is 32.2. The number of amides is 2. The van der Waals surface area contributed by atoms with Crippen molar-refractivity contribution in [3.05, 3.63) is 95.3 Å². The van der Waals surface area contributed by atoms with Crippen molar-refractivity contribution < 1.29 is 22.4 Å². The highest BCUT2D eigenvalue weighted by Gasteiger charge is 2.33. The van der Waals surface area contributed by atoms with Gasteiger partial charge in [-0.25, -0.2) is 12.8 Å². The minimum absolute atomic E-state index is 0.136. The zero-order valence-corrected chi connectivity index (χ0v) is 24.4. The molecule has 3 rings (SSSR count). The van der Waals surface area contributed by atoms with Gasteiger partial charge < -0.3 is 10.2 Å². The molecule has 3 aromatic rings. The molecule has 0 radical (unpaired) electrons. The molecule has 0 aliphatic heterocycles. The Morgan fingerprint density at radius 2 is 1.45 bits per heavy atom. The van der Waals surface area contributed by atoms with Gasteiger partial charge in [0.2, 0.25) is 11.8 Å². The first kappa shape index (κ1) is 30.8. The fourth-order valence-electron chi connectivity index (χ4n) is 4.29. The van der Waals surface area contributed by atoms with Crippen molar-refractivity contribution in [2.45, 2.75) is 64.4 Å².